The average Bonchev–Trinajstić information content (AvgIpc) is 2.40. The summed E-state index contributed by atoms with van der Waals surface area (Å²) in [5, 5.41) is 3.47. The zero-order valence-electron chi connectivity index (χ0n) is 12.4. The molecule has 1 N–H and O–H groups in total. The molecule has 0 aromatic heterocycles. The van der Waals surface area contributed by atoms with Crippen molar-refractivity contribution in [1.82, 2.24) is 5.32 Å². The van der Waals surface area contributed by atoms with Crippen LogP contribution in [-0.4, -0.2) is 24.7 Å². The number of rotatable bonds is 10. The van der Waals surface area contributed by atoms with Crippen LogP contribution in [0.1, 0.15) is 32.8 Å². The van der Waals surface area contributed by atoms with Crippen LogP contribution < -0.4 is 10.1 Å². The monoisotopic (exact) mass is 281 g/mol. The lowest BCUT2D eigenvalue weighted by Gasteiger charge is -2.13. The summed E-state index contributed by atoms with van der Waals surface area (Å²) in [6, 6.07) is 8.33. The SMILES string of the molecule is CCSCCCOc1ccccc1CNCC(C)C. The molecule has 0 unspecified atom stereocenters. The first kappa shape index (κ1) is 16.4. The van der Waals surface area contributed by atoms with Gasteiger partial charge in [0.1, 0.15) is 5.75 Å². The minimum absolute atomic E-state index is 0.680. The van der Waals surface area contributed by atoms with Crippen molar-refractivity contribution in [3.05, 3.63) is 29.8 Å². The van der Waals surface area contributed by atoms with Crippen LogP contribution in [0.25, 0.3) is 0 Å². The highest BCUT2D eigenvalue weighted by molar-refractivity contribution is 7.99. The minimum Gasteiger partial charge on any atom is -0.493 e. The largest absolute Gasteiger partial charge is 0.493 e. The summed E-state index contributed by atoms with van der Waals surface area (Å²) in [7, 11) is 0. The topological polar surface area (TPSA) is 21.3 Å². The quantitative estimate of drug-likeness (QED) is 0.656. The molecule has 0 saturated heterocycles. The normalized spacial score (nSPS) is 10.9. The number of nitrogens with one attached hydrogen (secondary N) is 1. The fraction of sp³-hybridized carbons (Fsp3) is 0.625. The van der Waals surface area contributed by atoms with Crippen molar-refractivity contribution >= 4 is 11.8 Å². The maximum atomic E-state index is 5.89. The van der Waals surface area contributed by atoms with Crippen LogP contribution in [0.4, 0.5) is 0 Å². The van der Waals surface area contributed by atoms with Gasteiger partial charge in [0.2, 0.25) is 0 Å². The van der Waals surface area contributed by atoms with E-state index < -0.39 is 0 Å². The van der Waals surface area contributed by atoms with E-state index >= 15 is 0 Å². The second kappa shape index (κ2) is 10.2. The third kappa shape index (κ3) is 7.48. The Morgan fingerprint density at radius 1 is 1.26 bits per heavy atom. The molecule has 0 spiro atoms. The van der Waals surface area contributed by atoms with Crippen molar-refractivity contribution in [2.45, 2.75) is 33.7 Å². The highest BCUT2D eigenvalue weighted by atomic mass is 32.2. The average molecular weight is 281 g/mol. The second-order valence-electron chi connectivity index (χ2n) is 5.03. The van der Waals surface area contributed by atoms with Crippen molar-refractivity contribution in [3.63, 3.8) is 0 Å². The first-order valence-corrected chi connectivity index (χ1v) is 8.38. The standard InChI is InChI=1S/C16H27NOS/c1-4-19-11-7-10-18-16-9-6-5-8-15(16)13-17-12-14(2)3/h5-6,8-9,14,17H,4,7,10-13H2,1-3H3. The Hall–Kier alpha value is -0.670. The predicted octanol–water partition coefficient (Wildman–Crippen LogP) is 3.95. The molecule has 19 heavy (non-hydrogen) atoms. The van der Waals surface area contributed by atoms with Gasteiger partial charge in [-0.3, -0.25) is 0 Å². The molecule has 0 amide bonds. The summed E-state index contributed by atoms with van der Waals surface area (Å²) in [6.45, 7) is 9.39. The van der Waals surface area contributed by atoms with E-state index in [0.717, 1.165) is 31.9 Å². The van der Waals surface area contributed by atoms with Gasteiger partial charge in [-0.2, -0.15) is 11.8 Å². The fourth-order valence-corrected chi connectivity index (χ4v) is 2.38. The van der Waals surface area contributed by atoms with Gasteiger partial charge in [-0.25, -0.2) is 0 Å². The zero-order chi connectivity index (χ0) is 13.9. The van der Waals surface area contributed by atoms with Gasteiger partial charge in [-0.05, 0) is 36.5 Å². The van der Waals surface area contributed by atoms with E-state index in [2.05, 4.69) is 44.3 Å². The molecule has 108 valence electrons. The molecule has 0 atom stereocenters. The Labute approximate surface area is 122 Å². The van der Waals surface area contributed by atoms with Gasteiger partial charge in [-0.15, -0.1) is 0 Å². The molecule has 1 aromatic rings. The van der Waals surface area contributed by atoms with Crippen LogP contribution in [0.2, 0.25) is 0 Å². The summed E-state index contributed by atoms with van der Waals surface area (Å²) in [4.78, 5) is 0. The first-order valence-electron chi connectivity index (χ1n) is 7.23. The van der Waals surface area contributed by atoms with Crippen LogP contribution in [-0.2, 0) is 6.54 Å². The van der Waals surface area contributed by atoms with Crippen LogP contribution in [0, 0.1) is 5.92 Å². The van der Waals surface area contributed by atoms with Gasteiger partial charge >= 0.3 is 0 Å². The fourth-order valence-electron chi connectivity index (χ4n) is 1.77. The number of benzene rings is 1. The smallest absolute Gasteiger partial charge is 0.123 e. The Morgan fingerprint density at radius 3 is 2.79 bits per heavy atom. The van der Waals surface area contributed by atoms with Gasteiger partial charge in [0.05, 0.1) is 6.61 Å². The van der Waals surface area contributed by atoms with Crippen LogP contribution >= 0.6 is 11.8 Å². The molecule has 0 heterocycles. The van der Waals surface area contributed by atoms with Gasteiger partial charge in [-0.1, -0.05) is 39.0 Å². The van der Waals surface area contributed by atoms with Gasteiger partial charge < -0.3 is 10.1 Å². The summed E-state index contributed by atoms with van der Waals surface area (Å²) < 4.78 is 5.89. The Kier molecular flexibility index (Phi) is 8.76. The molecule has 0 saturated carbocycles. The molecule has 0 aliphatic rings. The summed E-state index contributed by atoms with van der Waals surface area (Å²) >= 11 is 1.97. The highest BCUT2D eigenvalue weighted by Crippen LogP contribution is 2.18. The number of hydrogen-bond donors (Lipinski definition) is 1. The van der Waals surface area contributed by atoms with E-state index in [1.165, 1.54) is 17.1 Å². The summed E-state index contributed by atoms with van der Waals surface area (Å²) in [5.74, 6) is 4.08. The summed E-state index contributed by atoms with van der Waals surface area (Å²) in [6.07, 6.45) is 1.12. The third-order valence-corrected chi connectivity index (χ3v) is 3.72. The van der Waals surface area contributed by atoms with Crippen LogP contribution in [0.5, 0.6) is 5.75 Å². The zero-order valence-corrected chi connectivity index (χ0v) is 13.3. The number of hydrogen-bond acceptors (Lipinski definition) is 3. The molecule has 0 aliphatic heterocycles. The number of para-hydroxylation sites is 1. The van der Waals surface area contributed by atoms with Crippen molar-refractivity contribution in [1.29, 1.82) is 0 Å². The van der Waals surface area contributed by atoms with Crippen molar-refractivity contribution in [3.8, 4) is 5.75 Å². The van der Waals surface area contributed by atoms with Crippen molar-refractivity contribution < 1.29 is 4.74 Å². The van der Waals surface area contributed by atoms with E-state index in [-0.39, 0.29) is 0 Å². The lowest BCUT2D eigenvalue weighted by Crippen LogP contribution is -2.19. The van der Waals surface area contributed by atoms with Crippen LogP contribution in [0.3, 0.4) is 0 Å². The van der Waals surface area contributed by atoms with E-state index in [9.17, 15) is 0 Å². The van der Waals surface area contributed by atoms with E-state index in [1.54, 1.807) is 0 Å². The molecule has 0 aliphatic carbocycles. The Balaban J connectivity index is 2.35. The third-order valence-electron chi connectivity index (χ3n) is 2.74. The van der Waals surface area contributed by atoms with Gasteiger partial charge in [0.25, 0.3) is 0 Å². The Bertz CT molecular complexity index is 341. The minimum atomic E-state index is 0.680. The first-order chi connectivity index (χ1) is 9.24. The predicted molar refractivity (Wildman–Crippen MR) is 86.1 cm³/mol. The molecule has 0 radical (unpaired) electrons. The highest BCUT2D eigenvalue weighted by Gasteiger charge is 2.03. The number of ether oxygens (including phenoxy) is 1. The molecular weight excluding hydrogens is 254 g/mol. The maximum absolute atomic E-state index is 5.89. The Morgan fingerprint density at radius 2 is 2.05 bits per heavy atom. The van der Waals surface area contributed by atoms with E-state index in [1.807, 2.05) is 17.8 Å². The summed E-state index contributed by atoms with van der Waals surface area (Å²) in [5.41, 5.74) is 1.26. The molecule has 1 rings (SSSR count). The van der Waals surface area contributed by atoms with Crippen molar-refractivity contribution in [2.24, 2.45) is 5.92 Å². The molecule has 2 nitrogen and oxygen atoms in total. The molecule has 0 fully saturated rings. The van der Waals surface area contributed by atoms with Gasteiger partial charge in [0, 0.05) is 12.1 Å². The molecule has 1 aromatic carbocycles. The van der Waals surface area contributed by atoms with E-state index in [4.69, 9.17) is 4.74 Å². The number of thioether (sulfide) groups is 1. The lowest BCUT2D eigenvalue weighted by molar-refractivity contribution is 0.314. The van der Waals surface area contributed by atoms with Crippen LogP contribution in [0.15, 0.2) is 24.3 Å². The molecule has 3 heteroatoms. The van der Waals surface area contributed by atoms with E-state index in [0.29, 0.717) is 5.92 Å². The molecular formula is C16H27NOS. The second-order valence-corrected chi connectivity index (χ2v) is 6.43. The lowest BCUT2D eigenvalue weighted by atomic mass is 10.2. The van der Waals surface area contributed by atoms with Gasteiger partial charge in [0.15, 0.2) is 0 Å². The maximum Gasteiger partial charge on any atom is 0.123 e. The molecule has 0 bridgehead atoms. The van der Waals surface area contributed by atoms with Crippen molar-refractivity contribution in [2.75, 3.05) is 24.7 Å².